The molecule has 0 aliphatic heterocycles. The Morgan fingerprint density at radius 3 is 2.62 bits per heavy atom. The maximum Gasteiger partial charge on any atom is 0.222 e. The van der Waals surface area contributed by atoms with Gasteiger partial charge < -0.3 is 5.32 Å². The lowest BCUT2D eigenvalue weighted by atomic mass is 10.1. The molecule has 0 bridgehead atoms. The fraction of sp³-hybridized carbons (Fsp3) is 0.778. The Morgan fingerprint density at radius 1 is 1.62 bits per heavy atom. The molecule has 4 heteroatoms. The molecule has 0 rings (SSSR count). The van der Waals surface area contributed by atoms with Crippen LogP contribution in [0, 0.1) is 11.3 Å². The Hall–Kier alpha value is -1.08. The number of carbonyl (C=O) groups excluding carboxylic acids is 1. The number of carbonyl (C=O) groups is 1. The third-order valence-corrected chi connectivity index (χ3v) is 1.92. The first-order valence-corrected chi connectivity index (χ1v) is 4.50. The van der Waals surface area contributed by atoms with E-state index < -0.39 is 0 Å². The summed E-state index contributed by atoms with van der Waals surface area (Å²) in [6.45, 7) is 4.03. The topological polar surface area (TPSA) is 64.9 Å². The van der Waals surface area contributed by atoms with Crippen molar-refractivity contribution in [1.82, 2.24) is 10.6 Å². The summed E-state index contributed by atoms with van der Waals surface area (Å²) in [5, 5.41) is 14.3. The van der Waals surface area contributed by atoms with Gasteiger partial charge in [0.2, 0.25) is 5.91 Å². The molecule has 4 nitrogen and oxygen atoms in total. The third kappa shape index (κ3) is 5.21. The lowest BCUT2D eigenvalue weighted by Crippen LogP contribution is -2.38. The zero-order chi connectivity index (χ0) is 10.3. The highest BCUT2D eigenvalue weighted by Gasteiger charge is 2.13. The van der Waals surface area contributed by atoms with Gasteiger partial charge in [0.25, 0.3) is 0 Å². The molecule has 0 fully saturated rings. The zero-order valence-electron chi connectivity index (χ0n) is 8.42. The van der Waals surface area contributed by atoms with Gasteiger partial charge >= 0.3 is 0 Å². The van der Waals surface area contributed by atoms with Crippen LogP contribution in [-0.4, -0.2) is 25.0 Å². The number of amides is 1. The first-order chi connectivity index (χ1) is 6.13. The molecule has 0 radical (unpaired) electrons. The van der Waals surface area contributed by atoms with E-state index in [0.717, 1.165) is 6.42 Å². The fourth-order valence-corrected chi connectivity index (χ4v) is 0.891. The lowest BCUT2D eigenvalue weighted by molar-refractivity contribution is -0.120. The molecular weight excluding hydrogens is 166 g/mol. The minimum atomic E-state index is -0.380. The van der Waals surface area contributed by atoms with Gasteiger partial charge in [-0.15, -0.1) is 0 Å². The van der Waals surface area contributed by atoms with E-state index in [4.69, 9.17) is 5.26 Å². The van der Waals surface area contributed by atoms with Crippen LogP contribution in [0.15, 0.2) is 0 Å². The molecule has 13 heavy (non-hydrogen) atoms. The van der Waals surface area contributed by atoms with Crippen LogP contribution in [0.1, 0.15) is 26.7 Å². The quantitative estimate of drug-likeness (QED) is 0.648. The van der Waals surface area contributed by atoms with Gasteiger partial charge in [0, 0.05) is 13.1 Å². The second-order valence-corrected chi connectivity index (χ2v) is 3.03. The first kappa shape index (κ1) is 11.9. The predicted octanol–water partition coefficient (Wildman–Crippen LogP) is 0.403. The minimum Gasteiger partial charge on any atom is -0.359 e. The summed E-state index contributed by atoms with van der Waals surface area (Å²) in [4.78, 5) is 10.9. The van der Waals surface area contributed by atoms with E-state index in [1.807, 2.05) is 13.8 Å². The fourth-order valence-electron chi connectivity index (χ4n) is 0.891. The molecule has 0 saturated heterocycles. The van der Waals surface area contributed by atoms with Gasteiger partial charge in [-0.1, -0.05) is 6.92 Å². The van der Waals surface area contributed by atoms with Crippen LogP contribution in [0.5, 0.6) is 0 Å². The number of hydrogen-bond donors (Lipinski definition) is 2. The van der Waals surface area contributed by atoms with E-state index in [1.165, 1.54) is 0 Å². The van der Waals surface area contributed by atoms with Gasteiger partial charge in [0.1, 0.15) is 6.04 Å². The standard InChI is InChI=1S/C9H17N3O/c1-4-7(2)12-8(6-10)5-9(13)11-3/h7-8,12H,4-5H2,1-3H3,(H,11,13). The van der Waals surface area contributed by atoms with E-state index >= 15 is 0 Å². The highest BCUT2D eigenvalue weighted by Crippen LogP contribution is 1.95. The van der Waals surface area contributed by atoms with E-state index in [-0.39, 0.29) is 24.4 Å². The van der Waals surface area contributed by atoms with E-state index in [1.54, 1.807) is 7.05 Å². The Kier molecular flexibility index (Phi) is 5.90. The molecule has 1 amide bonds. The summed E-state index contributed by atoms with van der Waals surface area (Å²) in [5.41, 5.74) is 0. The van der Waals surface area contributed by atoms with Crippen molar-refractivity contribution in [3.05, 3.63) is 0 Å². The van der Waals surface area contributed by atoms with Crippen molar-refractivity contribution in [2.75, 3.05) is 7.05 Å². The molecule has 0 aromatic rings. The molecule has 0 spiro atoms. The summed E-state index contributed by atoms with van der Waals surface area (Å²) in [6, 6.07) is 1.95. The van der Waals surface area contributed by atoms with Gasteiger partial charge in [-0.25, -0.2) is 0 Å². The largest absolute Gasteiger partial charge is 0.359 e. The molecule has 74 valence electrons. The summed E-state index contributed by atoms with van der Waals surface area (Å²) < 4.78 is 0. The average molecular weight is 183 g/mol. The Morgan fingerprint density at radius 2 is 2.23 bits per heavy atom. The Bertz CT molecular complexity index is 198. The van der Waals surface area contributed by atoms with Crippen molar-refractivity contribution in [2.24, 2.45) is 0 Å². The van der Waals surface area contributed by atoms with Crippen LogP contribution in [0.2, 0.25) is 0 Å². The number of nitrogens with zero attached hydrogens (tertiary/aromatic N) is 1. The van der Waals surface area contributed by atoms with Crippen molar-refractivity contribution < 1.29 is 4.79 Å². The van der Waals surface area contributed by atoms with E-state index in [0.29, 0.717) is 0 Å². The number of rotatable bonds is 5. The molecule has 0 aliphatic rings. The molecule has 0 aromatic carbocycles. The Balaban J connectivity index is 3.91. The zero-order valence-corrected chi connectivity index (χ0v) is 8.42. The third-order valence-electron chi connectivity index (χ3n) is 1.92. The minimum absolute atomic E-state index is 0.109. The molecule has 0 aromatic heterocycles. The highest BCUT2D eigenvalue weighted by atomic mass is 16.1. The van der Waals surface area contributed by atoms with Crippen molar-refractivity contribution in [1.29, 1.82) is 5.26 Å². The molecule has 0 heterocycles. The SMILES string of the molecule is CCC(C)NC(C#N)CC(=O)NC. The summed E-state index contributed by atoms with van der Waals surface area (Å²) >= 11 is 0. The van der Waals surface area contributed by atoms with Gasteiger partial charge in [-0.3, -0.25) is 10.1 Å². The summed E-state index contributed by atoms with van der Waals surface area (Å²) in [6.07, 6.45) is 1.17. The van der Waals surface area contributed by atoms with Crippen LogP contribution >= 0.6 is 0 Å². The van der Waals surface area contributed by atoms with Gasteiger partial charge in [-0.05, 0) is 13.3 Å². The van der Waals surface area contributed by atoms with Crippen molar-refractivity contribution in [2.45, 2.75) is 38.8 Å². The van der Waals surface area contributed by atoms with Crippen LogP contribution < -0.4 is 10.6 Å². The maximum atomic E-state index is 10.9. The molecule has 2 N–H and O–H groups in total. The Labute approximate surface area is 79.3 Å². The van der Waals surface area contributed by atoms with Crippen molar-refractivity contribution >= 4 is 5.91 Å². The predicted molar refractivity (Wildman–Crippen MR) is 51.0 cm³/mol. The van der Waals surface area contributed by atoms with Crippen LogP contribution in [0.3, 0.4) is 0 Å². The summed E-state index contributed by atoms with van der Waals surface area (Å²) in [5.74, 6) is -0.109. The highest BCUT2D eigenvalue weighted by molar-refractivity contribution is 5.76. The van der Waals surface area contributed by atoms with E-state index in [2.05, 4.69) is 16.7 Å². The van der Waals surface area contributed by atoms with Crippen LogP contribution in [0.25, 0.3) is 0 Å². The number of hydrogen-bond acceptors (Lipinski definition) is 3. The van der Waals surface area contributed by atoms with Gasteiger partial charge in [-0.2, -0.15) is 5.26 Å². The van der Waals surface area contributed by atoms with Crippen LogP contribution in [-0.2, 0) is 4.79 Å². The number of nitrogens with one attached hydrogen (secondary N) is 2. The molecular formula is C9H17N3O. The molecule has 0 aliphatic carbocycles. The van der Waals surface area contributed by atoms with Gasteiger partial charge in [0.05, 0.1) is 12.5 Å². The van der Waals surface area contributed by atoms with Crippen molar-refractivity contribution in [3.63, 3.8) is 0 Å². The monoisotopic (exact) mass is 183 g/mol. The molecule has 2 unspecified atom stereocenters. The number of nitriles is 1. The second-order valence-electron chi connectivity index (χ2n) is 3.03. The molecule has 2 atom stereocenters. The smallest absolute Gasteiger partial charge is 0.222 e. The summed E-state index contributed by atoms with van der Waals surface area (Å²) in [7, 11) is 1.57. The average Bonchev–Trinajstić information content (AvgIpc) is 2.16. The second kappa shape index (κ2) is 6.44. The maximum absolute atomic E-state index is 10.9. The van der Waals surface area contributed by atoms with Crippen molar-refractivity contribution in [3.8, 4) is 6.07 Å². The first-order valence-electron chi connectivity index (χ1n) is 4.50. The normalized spacial score (nSPS) is 14.3. The van der Waals surface area contributed by atoms with Gasteiger partial charge in [0.15, 0.2) is 0 Å². The van der Waals surface area contributed by atoms with E-state index in [9.17, 15) is 4.79 Å². The lowest BCUT2D eigenvalue weighted by Gasteiger charge is -2.15. The molecule has 0 saturated carbocycles. The van der Waals surface area contributed by atoms with Crippen LogP contribution in [0.4, 0.5) is 0 Å².